The highest BCUT2D eigenvalue weighted by Crippen LogP contribution is 2.34. The summed E-state index contributed by atoms with van der Waals surface area (Å²) in [6.07, 6.45) is 1.78. The smallest absolute Gasteiger partial charge is 0.350 e. The quantitative estimate of drug-likeness (QED) is 0.357. The van der Waals surface area contributed by atoms with Crippen molar-refractivity contribution in [2.45, 2.75) is 12.3 Å². The molecular formula is C4H6ClO4P. The van der Waals surface area contributed by atoms with Crippen molar-refractivity contribution in [1.29, 1.82) is 0 Å². The summed E-state index contributed by atoms with van der Waals surface area (Å²) >= 11 is 5.30. The molecule has 0 saturated heterocycles. The highest BCUT2D eigenvalue weighted by molar-refractivity contribution is 7.46. The van der Waals surface area contributed by atoms with Crippen LogP contribution in [0.25, 0.3) is 0 Å². The lowest BCUT2D eigenvalue weighted by Crippen LogP contribution is -1.84. The first kappa shape index (κ1) is 9.80. The van der Waals surface area contributed by atoms with E-state index >= 15 is 0 Å². The van der Waals surface area contributed by atoms with E-state index < -0.39 is 13.2 Å². The van der Waals surface area contributed by atoms with Crippen molar-refractivity contribution in [3.05, 3.63) is 0 Å². The molecule has 0 radical (unpaired) electrons. The number of hydrogen-bond donors (Lipinski definition) is 2. The number of halogens is 1. The maximum Gasteiger partial charge on any atom is 0.533 e. The predicted octanol–water partition coefficient (Wildman–Crippen LogP) is 0.684. The van der Waals surface area contributed by atoms with E-state index in [2.05, 4.69) is 10.4 Å². The summed E-state index contributed by atoms with van der Waals surface area (Å²) in [7, 11) is -4.45. The molecule has 6 heteroatoms. The summed E-state index contributed by atoms with van der Waals surface area (Å²) in [5.41, 5.74) is 0. The monoisotopic (exact) mass is 184 g/mol. The summed E-state index contributed by atoms with van der Waals surface area (Å²) in [5.74, 6) is 2.20. The standard InChI is InChI=1S/C4H6ClO4P/c1-4(5)2-3-9-10(6,7)8/h4H,1H3,(H2,6,7,8). The Morgan fingerprint density at radius 2 is 2.20 bits per heavy atom. The lowest BCUT2D eigenvalue weighted by Gasteiger charge is -1.95. The molecule has 2 N–H and O–H groups in total. The zero-order valence-corrected chi connectivity index (χ0v) is 6.76. The molecule has 0 amide bonds. The van der Waals surface area contributed by atoms with E-state index in [0.29, 0.717) is 0 Å². The molecule has 58 valence electrons. The minimum Gasteiger partial charge on any atom is -0.350 e. The van der Waals surface area contributed by atoms with Crippen LogP contribution in [-0.4, -0.2) is 15.2 Å². The van der Waals surface area contributed by atoms with E-state index in [0.717, 1.165) is 0 Å². The third kappa shape index (κ3) is 7.80. The molecule has 1 unspecified atom stereocenters. The third-order valence-electron chi connectivity index (χ3n) is 0.422. The Kier molecular flexibility index (Phi) is 3.77. The van der Waals surface area contributed by atoms with Gasteiger partial charge in [0.15, 0.2) is 0 Å². The predicted molar refractivity (Wildman–Crippen MR) is 36.2 cm³/mol. The van der Waals surface area contributed by atoms with Gasteiger partial charge in [0.05, 0.1) is 5.38 Å². The Labute approximate surface area is 63.4 Å². The van der Waals surface area contributed by atoms with Gasteiger partial charge in [0, 0.05) is 0 Å². The molecule has 0 bridgehead atoms. The molecule has 1 atom stereocenters. The molecule has 0 aliphatic rings. The average molecular weight is 185 g/mol. The van der Waals surface area contributed by atoms with Crippen LogP contribution in [0.2, 0.25) is 0 Å². The first-order valence-electron chi connectivity index (χ1n) is 2.30. The number of phosphoric ester groups is 1. The topological polar surface area (TPSA) is 66.8 Å². The van der Waals surface area contributed by atoms with Gasteiger partial charge in [0.25, 0.3) is 0 Å². The molecular weight excluding hydrogens is 178 g/mol. The maximum atomic E-state index is 9.94. The van der Waals surface area contributed by atoms with Crippen LogP contribution in [0.5, 0.6) is 0 Å². The molecule has 0 saturated carbocycles. The van der Waals surface area contributed by atoms with Crippen molar-refractivity contribution >= 4 is 19.4 Å². The van der Waals surface area contributed by atoms with E-state index in [4.69, 9.17) is 21.4 Å². The van der Waals surface area contributed by atoms with Gasteiger partial charge in [-0.3, -0.25) is 9.79 Å². The van der Waals surface area contributed by atoms with Crippen LogP contribution in [0.4, 0.5) is 0 Å². The Balaban J connectivity index is 3.79. The van der Waals surface area contributed by atoms with Gasteiger partial charge in [0.2, 0.25) is 0 Å². The van der Waals surface area contributed by atoms with Crippen LogP contribution in [0.1, 0.15) is 6.92 Å². The first-order chi connectivity index (χ1) is 4.42. The lowest BCUT2D eigenvalue weighted by molar-refractivity contribution is 0.269. The van der Waals surface area contributed by atoms with Crippen molar-refractivity contribution < 1.29 is 18.9 Å². The van der Waals surface area contributed by atoms with Crippen molar-refractivity contribution in [3.8, 4) is 12.0 Å². The molecule has 0 fully saturated rings. The van der Waals surface area contributed by atoms with Crippen LogP contribution in [0.3, 0.4) is 0 Å². The van der Waals surface area contributed by atoms with Gasteiger partial charge in [-0.1, -0.05) is 0 Å². The molecule has 0 heterocycles. The van der Waals surface area contributed by atoms with Crippen LogP contribution in [0.15, 0.2) is 0 Å². The van der Waals surface area contributed by atoms with Crippen molar-refractivity contribution in [1.82, 2.24) is 0 Å². The molecule has 0 spiro atoms. The van der Waals surface area contributed by atoms with E-state index in [9.17, 15) is 4.57 Å². The van der Waals surface area contributed by atoms with Crippen LogP contribution in [0, 0.1) is 12.0 Å². The summed E-state index contributed by atoms with van der Waals surface area (Å²) in [5, 5.41) is -0.480. The van der Waals surface area contributed by atoms with Crippen LogP contribution < -0.4 is 0 Å². The van der Waals surface area contributed by atoms with E-state index in [-0.39, 0.29) is 0 Å². The maximum absolute atomic E-state index is 9.94. The zero-order valence-electron chi connectivity index (χ0n) is 5.11. The fraction of sp³-hybridized carbons (Fsp3) is 0.500. The molecule has 0 aromatic carbocycles. The molecule has 0 aromatic heterocycles. The molecule has 0 rings (SSSR count). The van der Waals surface area contributed by atoms with Crippen LogP contribution in [-0.2, 0) is 9.09 Å². The third-order valence-corrected chi connectivity index (χ3v) is 0.861. The normalized spacial score (nSPS) is 13.2. The van der Waals surface area contributed by atoms with Crippen molar-refractivity contribution in [3.63, 3.8) is 0 Å². The summed E-state index contributed by atoms with van der Waals surface area (Å²) in [6, 6.07) is 0. The van der Waals surface area contributed by atoms with Gasteiger partial charge in [-0.25, -0.2) is 4.57 Å². The van der Waals surface area contributed by atoms with Gasteiger partial charge in [-0.2, -0.15) is 0 Å². The van der Waals surface area contributed by atoms with Crippen molar-refractivity contribution in [2.75, 3.05) is 0 Å². The second-order valence-electron chi connectivity index (χ2n) is 1.44. The van der Waals surface area contributed by atoms with Crippen LogP contribution >= 0.6 is 19.4 Å². The number of hydrogen-bond acceptors (Lipinski definition) is 2. The van der Waals surface area contributed by atoms with Gasteiger partial charge in [-0.05, 0) is 12.8 Å². The highest BCUT2D eigenvalue weighted by Gasteiger charge is 2.11. The molecule has 0 aromatic rings. The number of alkyl halides is 1. The van der Waals surface area contributed by atoms with Gasteiger partial charge >= 0.3 is 7.82 Å². The molecule has 4 nitrogen and oxygen atoms in total. The van der Waals surface area contributed by atoms with E-state index in [1.165, 1.54) is 0 Å². The second-order valence-corrected chi connectivity index (χ2v) is 3.26. The molecule has 10 heavy (non-hydrogen) atoms. The first-order valence-corrected chi connectivity index (χ1v) is 4.27. The second kappa shape index (κ2) is 3.85. The Hall–Kier alpha value is -0.200. The number of phosphoric acid groups is 1. The Morgan fingerprint density at radius 3 is 2.50 bits per heavy atom. The fourth-order valence-corrected chi connectivity index (χ4v) is 0.383. The number of rotatable bonds is 1. The molecule has 0 aliphatic carbocycles. The Morgan fingerprint density at radius 1 is 1.70 bits per heavy atom. The lowest BCUT2D eigenvalue weighted by atomic mass is 10.5. The Bertz CT molecular complexity index is 197. The van der Waals surface area contributed by atoms with E-state index in [1.54, 1.807) is 13.0 Å². The summed E-state index contributed by atoms with van der Waals surface area (Å²) in [4.78, 5) is 16.1. The van der Waals surface area contributed by atoms with Gasteiger partial charge < -0.3 is 4.52 Å². The SMILES string of the molecule is CC(Cl)C#COP(=O)(O)O. The highest BCUT2D eigenvalue weighted by atomic mass is 35.5. The van der Waals surface area contributed by atoms with Gasteiger partial charge in [-0.15, -0.1) is 11.6 Å². The largest absolute Gasteiger partial charge is 0.533 e. The minimum atomic E-state index is -4.45. The molecule has 0 aliphatic heterocycles. The summed E-state index contributed by atoms with van der Waals surface area (Å²) in [6.45, 7) is 1.55. The summed E-state index contributed by atoms with van der Waals surface area (Å²) < 4.78 is 13.7. The van der Waals surface area contributed by atoms with Gasteiger partial charge in [0.1, 0.15) is 6.11 Å². The minimum absolute atomic E-state index is 0.480. The van der Waals surface area contributed by atoms with Crippen molar-refractivity contribution in [2.24, 2.45) is 0 Å². The van der Waals surface area contributed by atoms with E-state index in [1.807, 2.05) is 0 Å². The zero-order chi connectivity index (χ0) is 8.20. The fourth-order valence-electron chi connectivity index (χ4n) is 0.167. The average Bonchev–Trinajstić information content (AvgIpc) is 1.59.